The highest BCUT2D eigenvalue weighted by molar-refractivity contribution is 5.98. The maximum absolute atomic E-state index is 13.1. The molecule has 2 aromatic rings. The van der Waals surface area contributed by atoms with Crippen LogP contribution in [-0.2, 0) is 10.2 Å². The lowest BCUT2D eigenvalue weighted by Gasteiger charge is -2.42. The maximum Gasteiger partial charge on any atom is 0.166 e. The summed E-state index contributed by atoms with van der Waals surface area (Å²) in [6.45, 7) is 0. The van der Waals surface area contributed by atoms with Crippen LogP contribution in [0.25, 0.3) is 0 Å². The van der Waals surface area contributed by atoms with Crippen LogP contribution in [0, 0.1) is 17.1 Å². The highest BCUT2D eigenvalue weighted by Gasteiger charge is 2.48. The van der Waals surface area contributed by atoms with Crippen molar-refractivity contribution < 1.29 is 9.18 Å². The zero-order chi connectivity index (χ0) is 15.6. The van der Waals surface area contributed by atoms with Crippen molar-refractivity contribution in [2.24, 2.45) is 0 Å². The van der Waals surface area contributed by atoms with Crippen LogP contribution in [0.15, 0.2) is 48.7 Å². The summed E-state index contributed by atoms with van der Waals surface area (Å²) >= 11 is 0. The van der Waals surface area contributed by atoms with Gasteiger partial charge in [0.2, 0.25) is 0 Å². The summed E-state index contributed by atoms with van der Waals surface area (Å²) in [4.78, 5) is 17.2. The molecule has 0 aliphatic heterocycles. The Morgan fingerprint density at radius 1 is 1.23 bits per heavy atom. The number of carbonyl (C=O) groups excluding carboxylic acids is 1. The molecule has 0 spiro atoms. The third-order valence-electron chi connectivity index (χ3n) is 4.45. The smallest absolute Gasteiger partial charge is 0.166 e. The van der Waals surface area contributed by atoms with Crippen molar-refractivity contribution in [2.75, 3.05) is 0 Å². The van der Waals surface area contributed by atoms with Crippen LogP contribution in [-0.4, -0.2) is 10.8 Å². The van der Waals surface area contributed by atoms with Gasteiger partial charge in [0.1, 0.15) is 11.7 Å². The standard InChI is InChI=1S/C18H15FN2O/c19-14-7-5-13(6-8-14)18(9-3-10-18)17(22)15(12-20)16-4-1-2-11-21-16/h1-2,4-8,11,15H,3,9-10H2/t15-/m1/s1. The molecule has 0 saturated heterocycles. The largest absolute Gasteiger partial charge is 0.297 e. The van der Waals surface area contributed by atoms with Gasteiger partial charge in [-0.2, -0.15) is 5.26 Å². The summed E-state index contributed by atoms with van der Waals surface area (Å²) in [6, 6.07) is 13.3. The van der Waals surface area contributed by atoms with E-state index in [-0.39, 0.29) is 11.6 Å². The van der Waals surface area contributed by atoms with Crippen LogP contribution >= 0.6 is 0 Å². The van der Waals surface area contributed by atoms with Gasteiger partial charge in [-0.1, -0.05) is 24.6 Å². The van der Waals surface area contributed by atoms with Gasteiger partial charge in [0, 0.05) is 6.20 Å². The number of hydrogen-bond acceptors (Lipinski definition) is 3. The Balaban J connectivity index is 1.98. The minimum Gasteiger partial charge on any atom is -0.297 e. The van der Waals surface area contributed by atoms with E-state index in [4.69, 9.17) is 0 Å². The Bertz CT molecular complexity index is 715. The van der Waals surface area contributed by atoms with E-state index in [1.807, 2.05) is 0 Å². The Morgan fingerprint density at radius 2 is 1.95 bits per heavy atom. The molecule has 0 radical (unpaired) electrons. The third kappa shape index (κ3) is 2.29. The van der Waals surface area contributed by atoms with Crippen molar-refractivity contribution in [1.29, 1.82) is 5.26 Å². The van der Waals surface area contributed by atoms with E-state index in [1.165, 1.54) is 12.1 Å². The number of rotatable bonds is 4. The SMILES string of the molecule is N#C[C@@H](C(=O)C1(c2ccc(F)cc2)CCC1)c1ccccn1. The van der Waals surface area contributed by atoms with E-state index in [0.29, 0.717) is 18.5 Å². The molecule has 3 rings (SSSR count). The van der Waals surface area contributed by atoms with Crippen LogP contribution in [0.2, 0.25) is 0 Å². The average molecular weight is 294 g/mol. The summed E-state index contributed by atoms with van der Waals surface area (Å²) < 4.78 is 13.1. The van der Waals surface area contributed by atoms with Gasteiger partial charge in [-0.3, -0.25) is 9.78 Å². The lowest BCUT2D eigenvalue weighted by Crippen LogP contribution is -2.45. The van der Waals surface area contributed by atoms with Gasteiger partial charge in [-0.25, -0.2) is 4.39 Å². The lowest BCUT2D eigenvalue weighted by atomic mass is 9.59. The molecule has 1 fully saturated rings. The monoisotopic (exact) mass is 294 g/mol. The summed E-state index contributed by atoms with van der Waals surface area (Å²) in [7, 11) is 0. The molecule has 22 heavy (non-hydrogen) atoms. The molecule has 1 aromatic heterocycles. The Labute approximate surface area is 128 Å². The first kappa shape index (κ1) is 14.4. The second kappa shape index (κ2) is 5.69. The summed E-state index contributed by atoms with van der Waals surface area (Å²) in [5, 5.41) is 9.45. The molecule has 0 unspecified atom stereocenters. The summed E-state index contributed by atoms with van der Waals surface area (Å²) in [5.74, 6) is -1.34. The first-order valence-electron chi connectivity index (χ1n) is 7.28. The van der Waals surface area contributed by atoms with Crippen LogP contribution in [0.1, 0.15) is 36.4 Å². The number of aromatic nitrogens is 1. The molecule has 1 aliphatic rings. The van der Waals surface area contributed by atoms with Crippen molar-refractivity contribution in [1.82, 2.24) is 4.98 Å². The lowest BCUT2D eigenvalue weighted by molar-refractivity contribution is -0.128. The number of halogens is 1. The maximum atomic E-state index is 13.1. The fraction of sp³-hybridized carbons (Fsp3) is 0.278. The minimum absolute atomic E-state index is 0.133. The van der Waals surface area contributed by atoms with E-state index in [1.54, 1.807) is 36.5 Å². The number of nitriles is 1. The van der Waals surface area contributed by atoms with Gasteiger partial charge in [0.25, 0.3) is 0 Å². The van der Waals surface area contributed by atoms with E-state index < -0.39 is 11.3 Å². The van der Waals surface area contributed by atoms with Gasteiger partial charge in [0.05, 0.1) is 17.2 Å². The number of ketones is 1. The third-order valence-corrected chi connectivity index (χ3v) is 4.45. The molecule has 110 valence electrons. The number of pyridine rings is 1. The fourth-order valence-corrected chi connectivity index (χ4v) is 3.06. The average Bonchev–Trinajstić information content (AvgIpc) is 2.50. The highest BCUT2D eigenvalue weighted by Crippen LogP contribution is 2.47. The molecule has 3 nitrogen and oxygen atoms in total. The molecule has 4 heteroatoms. The second-order valence-electron chi connectivity index (χ2n) is 5.62. The van der Waals surface area contributed by atoms with Gasteiger partial charge in [0.15, 0.2) is 5.78 Å². The minimum atomic E-state index is -0.883. The van der Waals surface area contributed by atoms with Crippen LogP contribution in [0.3, 0.4) is 0 Å². The molecule has 1 atom stereocenters. The molecule has 0 bridgehead atoms. The van der Waals surface area contributed by atoms with Crippen LogP contribution in [0.5, 0.6) is 0 Å². The zero-order valence-corrected chi connectivity index (χ0v) is 12.0. The molecule has 1 saturated carbocycles. The van der Waals surface area contributed by atoms with Crippen molar-refractivity contribution in [3.05, 3.63) is 65.7 Å². The van der Waals surface area contributed by atoms with E-state index >= 15 is 0 Å². The number of nitrogens with zero attached hydrogens (tertiary/aromatic N) is 2. The van der Waals surface area contributed by atoms with Crippen molar-refractivity contribution in [3.8, 4) is 6.07 Å². The second-order valence-corrected chi connectivity index (χ2v) is 5.62. The van der Waals surface area contributed by atoms with Gasteiger partial charge < -0.3 is 0 Å². The molecule has 0 N–H and O–H groups in total. The van der Waals surface area contributed by atoms with Gasteiger partial charge in [-0.15, -0.1) is 0 Å². The first-order valence-corrected chi connectivity index (χ1v) is 7.28. The first-order chi connectivity index (χ1) is 10.7. The Hall–Kier alpha value is -2.54. The highest BCUT2D eigenvalue weighted by atomic mass is 19.1. The molecule has 0 amide bonds. The zero-order valence-electron chi connectivity index (χ0n) is 12.0. The number of carbonyl (C=O) groups is 1. The molecule has 1 aliphatic carbocycles. The van der Waals surface area contributed by atoms with E-state index in [9.17, 15) is 14.4 Å². The summed E-state index contributed by atoms with van der Waals surface area (Å²) in [6.07, 6.45) is 3.91. The number of benzene rings is 1. The summed E-state index contributed by atoms with van der Waals surface area (Å²) in [5.41, 5.74) is 0.593. The van der Waals surface area contributed by atoms with E-state index in [2.05, 4.69) is 11.1 Å². The predicted octanol–water partition coefficient (Wildman–Crippen LogP) is 3.52. The quantitative estimate of drug-likeness (QED) is 0.867. The normalized spacial score (nSPS) is 17.1. The van der Waals surface area contributed by atoms with Crippen molar-refractivity contribution in [2.45, 2.75) is 30.6 Å². The topological polar surface area (TPSA) is 53.8 Å². The van der Waals surface area contributed by atoms with Gasteiger partial charge in [-0.05, 0) is 42.7 Å². The molecule has 1 heterocycles. The number of Topliss-reactive ketones (excluding diaryl/α,β-unsaturated/α-hetero) is 1. The Kier molecular flexibility index (Phi) is 3.72. The molecule has 1 aromatic carbocycles. The van der Waals surface area contributed by atoms with Crippen LogP contribution < -0.4 is 0 Å². The van der Waals surface area contributed by atoms with E-state index in [0.717, 1.165) is 12.0 Å². The molecular formula is C18H15FN2O. The predicted molar refractivity (Wildman–Crippen MR) is 79.5 cm³/mol. The van der Waals surface area contributed by atoms with Crippen molar-refractivity contribution in [3.63, 3.8) is 0 Å². The fourth-order valence-electron chi connectivity index (χ4n) is 3.06. The van der Waals surface area contributed by atoms with Crippen molar-refractivity contribution >= 4 is 5.78 Å². The van der Waals surface area contributed by atoms with Gasteiger partial charge >= 0.3 is 0 Å². The molecular weight excluding hydrogens is 279 g/mol. The van der Waals surface area contributed by atoms with Crippen LogP contribution in [0.4, 0.5) is 4.39 Å². The number of hydrogen-bond donors (Lipinski definition) is 0. The Morgan fingerprint density at radius 3 is 2.45 bits per heavy atom.